The maximum absolute atomic E-state index is 10.6. The van der Waals surface area contributed by atoms with Crippen LogP contribution in [0.25, 0.3) is 0 Å². The average Bonchev–Trinajstić information content (AvgIpc) is 3.35. The highest BCUT2D eigenvalue weighted by Crippen LogP contribution is 2.20. The Balaban J connectivity index is 0.000000260. The summed E-state index contributed by atoms with van der Waals surface area (Å²) in [6, 6.07) is 0.569. The number of aliphatic carboxylic acids is 1. The predicted octanol–water partition coefficient (Wildman–Crippen LogP) is 0.761. The van der Waals surface area contributed by atoms with Gasteiger partial charge in [-0.05, 0) is 6.42 Å². The van der Waals surface area contributed by atoms with Gasteiger partial charge in [0.1, 0.15) is 18.5 Å². The zero-order valence-corrected chi connectivity index (χ0v) is 14.3. The maximum atomic E-state index is 10.6. The van der Waals surface area contributed by atoms with Gasteiger partial charge >= 0.3 is 12.1 Å². The topological polar surface area (TPSA) is 98.3 Å². The quantitative estimate of drug-likeness (QED) is 0.829. The van der Waals surface area contributed by atoms with Gasteiger partial charge in [-0.2, -0.15) is 18.3 Å². The molecule has 1 fully saturated rings. The van der Waals surface area contributed by atoms with Crippen molar-refractivity contribution in [3.05, 3.63) is 30.4 Å². The Hall–Kier alpha value is -2.47. The first-order chi connectivity index (χ1) is 12.8. The normalized spacial score (nSPS) is 20.0. The van der Waals surface area contributed by atoms with E-state index in [1.165, 1.54) is 0 Å². The van der Waals surface area contributed by atoms with Gasteiger partial charge in [0.2, 0.25) is 0 Å². The standard InChI is InChI=1S/C13H18N6O.C2HF3O2/c1-4-20-8-12(1)17-2-3-18-5-11(16-13(18)7-17)6-19-10-14-9-15-19;3-2(4,5)1(6)7/h5,9-10,12H,1-4,6-8H2;(H,6,7). The van der Waals surface area contributed by atoms with Gasteiger partial charge in [-0.25, -0.2) is 19.4 Å². The molecule has 2 aliphatic rings. The number of imidazole rings is 1. The number of alkyl halides is 3. The number of carboxylic acid groups (broad SMARTS) is 1. The van der Waals surface area contributed by atoms with Crippen molar-refractivity contribution in [2.75, 3.05) is 19.8 Å². The Labute approximate surface area is 152 Å². The van der Waals surface area contributed by atoms with E-state index in [-0.39, 0.29) is 0 Å². The average molecular weight is 388 g/mol. The Morgan fingerprint density at radius 3 is 2.74 bits per heavy atom. The molecule has 2 aliphatic heterocycles. The van der Waals surface area contributed by atoms with E-state index in [2.05, 4.69) is 25.7 Å². The van der Waals surface area contributed by atoms with Gasteiger partial charge < -0.3 is 14.4 Å². The molecule has 27 heavy (non-hydrogen) atoms. The number of rotatable bonds is 3. The van der Waals surface area contributed by atoms with Crippen molar-refractivity contribution in [2.45, 2.75) is 38.3 Å². The zero-order chi connectivity index (χ0) is 19.4. The van der Waals surface area contributed by atoms with Gasteiger partial charge in [0.15, 0.2) is 0 Å². The summed E-state index contributed by atoms with van der Waals surface area (Å²) in [5, 5.41) is 11.3. The Kier molecular flexibility index (Phi) is 5.75. The second-order valence-corrected chi connectivity index (χ2v) is 6.23. The molecular weight excluding hydrogens is 369 g/mol. The minimum absolute atomic E-state index is 0.569. The van der Waals surface area contributed by atoms with Crippen molar-refractivity contribution < 1.29 is 27.8 Å². The van der Waals surface area contributed by atoms with Gasteiger partial charge in [-0.3, -0.25) is 4.90 Å². The van der Waals surface area contributed by atoms with Gasteiger partial charge in [0.05, 0.1) is 25.4 Å². The lowest BCUT2D eigenvalue weighted by Gasteiger charge is -2.31. The lowest BCUT2D eigenvalue weighted by molar-refractivity contribution is -0.192. The summed E-state index contributed by atoms with van der Waals surface area (Å²) in [5.41, 5.74) is 1.05. The van der Waals surface area contributed by atoms with Crippen molar-refractivity contribution in [1.29, 1.82) is 0 Å². The van der Waals surface area contributed by atoms with Crippen LogP contribution >= 0.6 is 0 Å². The van der Waals surface area contributed by atoms with Crippen LogP contribution in [-0.4, -0.2) is 72.3 Å². The fraction of sp³-hybridized carbons (Fsp3) is 0.600. The van der Waals surface area contributed by atoms with Gasteiger partial charge in [0, 0.05) is 31.9 Å². The third-order valence-corrected chi connectivity index (χ3v) is 4.34. The fourth-order valence-electron chi connectivity index (χ4n) is 3.01. The molecule has 0 spiro atoms. The molecule has 0 amide bonds. The van der Waals surface area contributed by atoms with E-state index in [1.54, 1.807) is 17.3 Å². The highest BCUT2D eigenvalue weighted by molar-refractivity contribution is 5.73. The minimum Gasteiger partial charge on any atom is -0.475 e. The van der Waals surface area contributed by atoms with Gasteiger partial charge in [-0.15, -0.1) is 0 Å². The number of hydrogen-bond donors (Lipinski definition) is 1. The van der Waals surface area contributed by atoms with Crippen LogP contribution in [0.2, 0.25) is 0 Å². The SMILES string of the molecule is O=C(O)C(F)(F)F.c1ncn(Cc2cn3c(n2)CN(C2CCOC2)CC3)n1. The molecule has 2 aromatic heterocycles. The van der Waals surface area contributed by atoms with Crippen LogP contribution in [-0.2, 0) is 29.2 Å². The number of ether oxygens (including phenoxy) is 1. The van der Waals surface area contributed by atoms with Crippen LogP contribution in [0.15, 0.2) is 18.9 Å². The van der Waals surface area contributed by atoms with E-state index in [1.807, 2.05) is 0 Å². The molecule has 1 N–H and O–H groups in total. The zero-order valence-electron chi connectivity index (χ0n) is 14.3. The van der Waals surface area contributed by atoms with E-state index in [0.29, 0.717) is 12.6 Å². The molecule has 4 heterocycles. The number of carboxylic acids is 1. The number of aromatic nitrogens is 5. The Bertz CT molecular complexity index is 755. The number of hydrogen-bond acceptors (Lipinski definition) is 6. The second kappa shape index (κ2) is 8.05. The molecule has 0 radical (unpaired) electrons. The molecule has 1 unspecified atom stereocenters. The highest BCUT2D eigenvalue weighted by Gasteiger charge is 2.38. The molecule has 1 saturated heterocycles. The number of fused-ring (bicyclic) bond motifs is 1. The smallest absolute Gasteiger partial charge is 0.475 e. The number of carbonyl (C=O) groups is 1. The predicted molar refractivity (Wildman–Crippen MR) is 84.7 cm³/mol. The van der Waals surface area contributed by atoms with Crippen molar-refractivity contribution >= 4 is 5.97 Å². The molecule has 0 aromatic carbocycles. The van der Waals surface area contributed by atoms with Gasteiger partial charge in [-0.1, -0.05) is 0 Å². The van der Waals surface area contributed by atoms with Crippen molar-refractivity contribution in [3.63, 3.8) is 0 Å². The van der Waals surface area contributed by atoms with Crippen molar-refractivity contribution in [2.24, 2.45) is 0 Å². The molecule has 9 nitrogen and oxygen atoms in total. The highest BCUT2D eigenvalue weighted by atomic mass is 19.4. The largest absolute Gasteiger partial charge is 0.490 e. The molecule has 0 saturated carbocycles. The van der Waals surface area contributed by atoms with Crippen LogP contribution in [0.3, 0.4) is 0 Å². The molecule has 1 atom stereocenters. The van der Waals surface area contributed by atoms with Crippen LogP contribution < -0.4 is 0 Å². The number of halogens is 3. The van der Waals surface area contributed by atoms with E-state index < -0.39 is 12.1 Å². The third kappa shape index (κ3) is 5.04. The summed E-state index contributed by atoms with van der Waals surface area (Å²) < 4.78 is 41.3. The molecule has 0 aliphatic carbocycles. The Morgan fingerprint density at radius 1 is 1.37 bits per heavy atom. The lowest BCUT2D eigenvalue weighted by atomic mass is 10.2. The summed E-state index contributed by atoms with van der Waals surface area (Å²) in [6.45, 7) is 5.47. The summed E-state index contributed by atoms with van der Waals surface area (Å²) in [7, 11) is 0. The lowest BCUT2D eigenvalue weighted by Crippen LogP contribution is -2.41. The van der Waals surface area contributed by atoms with Crippen LogP contribution in [0.5, 0.6) is 0 Å². The first-order valence-corrected chi connectivity index (χ1v) is 8.32. The third-order valence-electron chi connectivity index (χ3n) is 4.34. The molecule has 0 bridgehead atoms. The second-order valence-electron chi connectivity index (χ2n) is 6.23. The van der Waals surface area contributed by atoms with Crippen LogP contribution in [0, 0.1) is 0 Å². The molecule has 12 heteroatoms. The van der Waals surface area contributed by atoms with Crippen molar-refractivity contribution in [1.82, 2.24) is 29.2 Å². The minimum atomic E-state index is -5.08. The monoisotopic (exact) mass is 388 g/mol. The first kappa shape index (κ1) is 19.3. The number of nitrogens with zero attached hydrogens (tertiary/aromatic N) is 6. The van der Waals surface area contributed by atoms with Crippen LogP contribution in [0.4, 0.5) is 13.2 Å². The summed E-state index contributed by atoms with van der Waals surface area (Å²) in [6.07, 6.45) is 1.48. The summed E-state index contributed by atoms with van der Waals surface area (Å²) >= 11 is 0. The molecule has 2 aromatic rings. The summed E-state index contributed by atoms with van der Waals surface area (Å²) in [5.74, 6) is -1.61. The van der Waals surface area contributed by atoms with Gasteiger partial charge in [0.25, 0.3) is 0 Å². The maximum Gasteiger partial charge on any atom is 0.490 e. The van der Waals surface area contributed by atoms with Crippen LogP contribution in [0.1, 0.15) is 17.9 Å². The molecule has 4 rings (SSSR count). The van der Waals surface area contributed by atoms with E-state index in [4.69, 9.17) is 19.6 Å². The fourth-order valence-corrected chi connectivity index (χ4v) is 3.01. The molecular formula is C15H19F3N6O3. The molecule has 148 valence electrons. The van der Waals surface area contributed by atoms with E-state index in [9.17, 15) is 13.2 Å². The Morgan fingerprint density at radius 2 is 2.15 bits per heavy atom. The van der Waals surface area contributed by atoms with Crippen molar-refractivity contribution in [3.8, 4) is 0 Å². The first-order valence-electron chi connectivity index (χ1n) is 8.32. The summed E-state index contributed by atoms with van der Waals surface area (Å²) in [4.78, 5) is 20.1. The van der Waals surface area contributed by atoms with E-state index >= 15 is 0 Å². The van der Waals surface area contributed by atoms with E-state index in [0.717, 1.165) is 50.8 Å².